The normalized spacial score (nSPS) is 14.8. The number of primary amides is 1. The number of benzene rings is 3. The van der Waals surface area contributed by atoms with Crippen molar-refractivity contribution in [3.05, 3.63) is 94.2 Å². The van der Waals surface area contributed by atoms with Crippen LogP contribution >= 0.6 is 0 Å². The average molecular weight is 551 g/mol. The van der Waals surface area contributed by atoms with Gasteiger partial charge in [-0.1, -0.05) is 70.2 Å². The quantitative estimate of drug-likeness (QED) is 0.233. The van der Waals surface area contributed by atoms with Crippen LogP contribution in [0.4, 0.5) is 10.5 Å². The lowest BCUT2D eigenvalue weighted by atomic mass is 9.79. The number of amides is 2. The largest absolute Gasteiger partial charge is 0.491 e. The standard InChI is InChI=1S/C35H42N4O2/c1-21(2)20-41-32-9-7-8-23(5)33(32)39-34(25-10-14-28(15-11-25)37-35(36)40)30-19-27(13-17-31(30)38-39)29-16-12-26(22(3)4)18-24(29)6/h7-12,14-16,18,21-22,27H,13,17,19-20H2,1-6H3,(H3,36,37,40). The molecule has 3 N–H and O–H groups in total. The van der Waals surface area contributed by atoms with Gasteiger partial charge in [-0.05, 0) is 91.3 Å². The van der Waals surface area contributed by atoms with E-state index < -0.39 is 6.03 Å². The Hall–Kier alpha value is -4.06. The summed E-state index contributed by atoms with van der Waals surface area (Å²) in [5.74, 6) is 2.18. The summed E-state index contributed by atoms with van der Waals surface area (Å²) in [6, 6.07) is 20.5. The third-order valence-corrected chi connectivity index (χ3v) is 8.06. The summed E-state index contributed by atoms with van der Waals surface area (Å²) in [4.78, 5) is 11.4. The van der Waals surface area contributed by atoms with Crippen molar-refractivity contribution in [1.29, 1.82) is 0 Å². The van der Waals surface area contributed by atoms with E-state index in [9.17, 15) is 4.79 Å². The third-order valence-electron chi connectivity index (χ3n) is 8.06. The maximum Gasteiger partial charge on any atom is 0.316 e. The molecule has 6 nitrogen and oxygen atoms in total. The minimum absolute atomic E-state index is 0.407. The van der Waals surface area contributed by atoms with E-state index in [-0.39, 0.29) is 0 Å². The highest BCUT2D eigenvalue weighted by Gasteiger charge is 2.30. The third kappa shape index (κ3) is 6.02. The van der Waals surface area contributed by atoms with E-state index in [1.54, 1.807) is 0 Å². The number of ether oxygens (including phenoxy) is 1. The minimum atomic E-state index is -0.575. The van der Waals surface area contributed by atoms with Gasteiger partial charge in [0.1, 0.15) is 11.4 Å². The molecule has 0 aliphatic heterocycles. The fraction of sp³-hybridized carbons (Fsp3) is 0.371. The summed E-state index contributed by atoms with van der Waals surface area (Å²) >= 11 is 0. The van der Waals surface area contributed by atoms with Gasteiger partial charge in [0.05, 0.1) is 18.0 Å². The van der Waals surface area contributed by atoms with Gasteiger partial charge in [-0.25, -0.2) is 9.48 Å². The van der Waals surface area contributed by atoms with Crippen molar-refractivity contribution in [1.82, 2.24) is 9.78 Å². The number of carbonyl (C=O) groups is 1. The maximum absolute atomic E-state index is 11.4. The molecule has 5 rings (SSSR count). The number of hydrogen-bond donors (Lipinski definition) is 2. The summed E-state index contributed by atoms with van der Waals surface area (Å²) in [6.07, 6.45) is 2.90. The van der Waals surface area contributed by atoms with Crippen molar-refractivity contribution in [2.75, 3.05) is 11.9 Å². The SMILES string of the molecule is Cc1cc(C(C)C)ccc1C1CCc2nn(-c3c(C)cccc3OCC(C)C)c(-c3ccc(NC(N)=O)cc3)c2C1. The molecule has 0 fully saturated rings. The molecule has 0 spiro atoms. The molecule has 1 aliphatic carbocycles. The zero-order valence-electron chi connectivity index (χ0n) is 25.1. The molecule has 3 aromatic carbocycles. The molecular formula is C35H42N4O2. The van der Waals surface area contributed by atoms with E-state index >= 15 is 0 Å². The predicted molar refractivity (Wildman–Crippen MR) is 167 cm³/mol. The van der Waals surface area contributed by atoms with Crippen molar-refractivity contribution in [2.45, 2.75) is 72.6 Å². The van der Waals surface area contributed by atoms with Crippen LogP contribution in [-0.2, 0) is 12.8 Å². The predicted octanol–water partition coefficient (Wildman–Crippen LogP) is 8.08. The molecule has 1 unspecified atom stereocenters. The highest BCUT2D eigenvalue weighted by molar-refractivity contribution is 5.88. The van der Waals surface area contributed by atoms with Gasteiger partial charge in [0, 0.05) is 16.8 Å². The zero-order valence-corrected chi connectivity index (χ0v) is 25.1. The van der Waals surface area contributed by atoms with Gasteiger partial charge >= 0.3 is 6.03 Å². The molecule has 214 valence electrons. The Kier molecular flexibility index (Phi) is 8.20. The molecule has 1 aliphatic rings. The molecule has 1 atom stereocenters. The molecule has 2 amide bonds. The summed E-state index contributed by atoms with van der Waals surface area (Å²) in [6.45, 7) is 13.8. The van der Waals surface area contributed by atoms with Gasteiger partial charge in [0.2, 0.25) is 0 Å². The fourth-order valence-corrected chi connectivity index (χ4v) is 5.94. The molecule has 4 aromatic rings. The number of hydrogen-bond acceptors (Lipinski definition) is 3. The van der Waals surface area contributed by atoms with E-state index in [1.807, 2.05) is 36.4 Å². The Morgan fingerprint density at radius 2 is 1.80 bits per heavy atom. The number of fused-ring (bicyclic) bond motifs is 1. The van der Waals surface area contributed by atoms with E-state index in [0.29, 0.717) is 30.0 Å². The topological polar surface area (TPSA) is 82.2 Å². The lowest BCUT2D eigenvalue weighted by Gasteiger charge is -2.25. The monoisotopic (exact) mass is 550 g/mol. The molecule has 6 heteroatoms. The van der Waals surface area contributed by atoms with Gasteiger partial charge < -0.3 is 15.8 Å². The number of carbonyl (C=O) groups excluding carboxylic acids is 1. The molecule has 0 radical (unpaired) electrons. The summed E-state index contributed by atoms with van der Waals surface area (Å²) in [5.41, 5.74) is 16.8. The summed E-state index contributed by atoms with van der Waals surface area (Å²) in [7, 11) is 0. The number of nitrogens with one attached hydrogen (secondary N) is 1. The Morgan fingerprint density at radius 1 is 1.05 bits per heavy atom. The van der Waals surface area contributed by atoms with Crippen molar-refractivity contribution in [2.24, 2.45) is 11.7 Å². The number of nitrogens with zero attached hydrogens (tertiary/aromatic N) is 2. The Labute approximate surface area is 243 Å². The molecule has 41 heavy (non-hydrogen) atoms. The molecule has 0 saturated heterocycles. The first-order valence-corrected chi connectivity index (χ1v) is 14.7. The highest BCUT2D eigenvalue weighted by atomic mass is 16.5. The van der Waals surface area contributed by atoms with Crippen LogP contribution < -0.4 is 15.8 Å². The molecule has 0 bridgehead atoms. The number of anilines is 1. The van der Waals surface area contributed by atoms with Gasteiger partial charge in [-0.15, -0.1) is 0 Å². The molecular weight excluding hydrogens is 508 g/mol. The van der Waals surface area contributed by atoms with E-state index in [2.05, 4.69) is 75.8 Å². The fourth-order valence-electron chi connectivity index (χ4n) is 5.94. The van der Waals surface area contributed by atoms with Gasteiger partial charge in [-0.2, -0.15) is 5.10 Å². The zero-order chi connectivity index (χ0) is 29.3. The van der Waals surface area contributed by atoms with E-state index in [4.69, 9.17) is 15.6 Å². The molecule has 1 aromatic heterocycles. The Bertz CT molecular complexity index is 1550. The number of urea groups is 1. The van der Waals surface area contributed by atoms with Crippen molar-refractivity contribution >= 4 is 11.7 Å². The second kappa shape index (κ2) is 11.8. The van der Waals surface area contributed by atoms with Crippen molar-refractivity contribution in [3.63, 3.8) is 0 Å². The summed E-state index contributed by atoms with van der Waals surface area (Å²) in [5, 5.41) is 7.93. The second-order valence-electron chi connectivity index (χ2n) is 12.1. The van der Waals surface area contributed by atoms with Gasteiger partial charge in [0.25, 0.3) is 0 Å². The van der Waals surface area contributed by atoms with Gasteiger partial charge in [-0.3, -0.25) is 0 Å². The molecule has 1 heterocycles. The van der Waals surface area contributed by atoms with Crippen LogP contribution in [0.3, 0.4) is 0 Å². The van der Waals surface area contributed by atoms with Crippen LogP contribution in [-0.4, -0.2) is 22.4 Å². The van der Waals surface area contributed by atoms with Crippen molar-refractivity contribution < 1.29 is 9.53 Å². The first-order chi connectivity index (χ1) is 19.6. The maximum atomic E-state index is 11.4. The van der Waals surface area contributed by atoms with E-state index in [0.717, 1.165) is 53.2 Å². The van der Waals surface area contributed by atoms with Crippen LogP contribution in [0.15, 0.2) is 60.7 Å². The lowest BCUT2D eigenvalue weighted by Crippen LogP contribution is -2.19. The average Bonchev–Trinajstić information content (AvgIpc) is 3.30. The van der Waals surface area contributed by atoms with Crippen LogP contribution in [0.25, 0.3) is 16.9 Å². The van der Waals surface area contributed by atoms with Crippen LogP contribution in [0.5, 0.6) is 5.75 Å². The highest BCUT2D eigenvalue weighted by Crippen LogP contribution is 2.42. The smallest absolute Gasteiger partial charge is 0.316 e. The van der Waals surface area contributed by atoms with Crippen molar-refractivity contribution in [3.8, 4) is 22.7 Å². The number of para-hydroxylation sites is 1. The van der Waals surface area contributed by atoms with Crippen LogP contribution in [0.2, 0.25) is 0 Å². The van der Waals surface area contributed by atoms with E-state index in [1.165, 1.54) is 22.3 Å². The number of rotatable bonds is 8. The Balaban J connectivity index is 1.63. The van der Waals surface area contributed by atoms with Crippen LogP contribution in [0, 0.1) is 19.8 Å². The van der Waals surface area contributed by atoms with Crippen LogP contribution in [0.1, 0.15) is 79.5 Å². The number of aryl methyl sites for hydroxylation is 3. The summed E-state index contributed by atoms with van der Waals surface area (Å²) < 4.78 is 8.43. The van der Waals surface area contributed by atoms with Gasteiger partial charge in [0.15, 0.2) is 0 Å². The Morgan fingerprint density at radius 3 is 2.46 bits per heavy atom. The number of nitrogens with two attached hydrogens (primary N) is 1. The molecule has 0 saturated carbocycles. The second-order valence-corrected chi connectivity index (χ2v) is 12.1. The minimum Gasteiger partial charge on any atom is -0.491 e. The first kappa shape index (κ1) is 28.5. The first-order valence-electron chi connectivity index (χ1n) is 14.7. The number of aromatic nitrogens is 2. The lowest BCUT2D eigenvalue weighted by molar-refractivity contribution is 0.259.